The Hall–Kier alpha value is -1.61. The molecule has 0 aliphatic rings. The molecule has 24 heavy (non-hydrogen) atoms. The van der Waals surface area contributed by atoms with Gasteiger partial charge in [-0.3, -0.25) is 9.59 Å². The van der Waals surface area contributed by atoms with E-state index in [2.05, 4.69) is 15.6 Å². The van der Waals surface area contributed by atoms with Gasteiger partial charge in [0.25, 0.3) is 5.56 Å². The molecule has 6 nitrogen and oxygen atoms in total. The predicted octanol–water partition coefficient (Wildman–Crippen LogP) is 2.69. The number of anilines is 1. The molecule has 10 heteroatoms. The fourth-order valence-electron chi connectivity index (χ4n) is 1.66. The number of thiocarbonyl (C=S) groups is 1. The number of hydrogen-bond donors (Lipinski definition) is 2. The van der Waals surface area contributed by atoms with Crippen LogP contribution in [0, 0.1) is 0 Å². The van der Waals surface area contributed by atoms with Crippen molar-refractivity contribution in [3.05, 3.63) is 51.0 Å². The Labute approximate surface area is 157 Å². The third-order valence-electron chi connectivity index (χ3n) is 2.69. The minimum Gasteiger partial charge on any atom is -0.332 e. The molecule has 0 aliphatic heterocycles. The van der Waals surface area contributed by atoms with Gasteiger partial charge in [0.2, 0.25) is 5.91 Å². The summed E-state index contributed by atoms with van der Waals surface area (Å²) in [6.45, 7) is 0. The van der Waals surface area contributed by atoms with Crippen LogP contribution in [0.1, 0.15) is 0 Å². The number of aryl methyl sites for hydroxylation is 1. The van der Waals surface area contributed by atoms with Crippen molar-refractivity contribution in [2.24, 2.45) is 7.05 Å². The van der Waals surface area contributed by atoms with Crippen molar-refractivity contribution in [3.8, 4) is 0 Å². The molecule has 0 fully saturated rings. The van der Waals surface area contributed by atoms with Crippen LogP contribution in [0.2, 0.25) is 10.2 Å². The lowest BCUT2D eigenvalue weighted by atomic mass is 10.3. The van der Waals surface area contributed by atoms with E-state index in [1.807, 2.05) is 0 Å². The number of thioether (sulfide) groups is 1. The van der Waals surface area contributed by atoms with Gasteiger partial charge in [0.15, 0.2) is 10.1 Å². The average Bonchev–Trinajstić information content (AvgIpc) is 2.49. The monoisotopic (exact) mass is 402 g/mol. The maximum atomic E-state index is 11.9. The standard InChI is InChI=1S/C14H12Cl2N4O2S2/c1-20-6-10(16)18-12(13(20)22)24-7-11(21)19-14(23)17-9-4-2-3-8(15)5-9/h2-6H,7H2,1H3,(H2,17,19,21,23). The summed E-state index contributed by atoms with van der Waals surface area (Å²) < 4.78 is 1.31. The van der Waals surface area contributed by atoms with Gasteiger partial charge < -0.3 is 15.2 Å². The zero-order valence-corrected chi connectivity index (χ0v) is 15.5. The van der Waals surface area contributed by atoms with E-state index in [0.29, 0.717) is 10.7 Å². The van der Waals surface area contributed by atoms with Crippen molar-refractivity contribution in [1.82, 2.24) is 14.9 Å². The number of carbonyl (C=O) groups is 1. The highest BCUT2D eigenvalue weighted by Gasteiger charge is 2.11. The van der Waals surface area contributed by atoms with Gasteiger partial charge >= 0.3 is 0 Å². The van der Waals surface area contributed by atoms with Gasteiger partial charge in [0, 0.05) is 24.0 Å². The molecule has 1 heterocycles. The lowest BCUT2D eigenvalue weighted by Gasteiger charge is -2.09. The summed E-state index contributed by atoms with van der Waals surface area (Å²) in [5.74, 6) is -0.400. The Bertz CT molecular complexity index is 842. The average molecular weight is 403 g/mol. The Morgan fingerprint density at radius 3 is 2.88 bits per heavy atom. The van der Waals surface area contributed by atoms with Crippen LogP contribution in [0.15, 0.2) is 40.3 Å². The fourth-order valence-corrected chi connectivity index (χ4v) is 3.14. The molecule has 2 rings (SSSR count). The largest absolute Gasteiger partial charge is 0.332 e. The first-order valence-corrected chi connectivity index (χ1v) is 8.72. The van der Waals surface area contributed by atoms with Crippen molar-refractivity contribution < 1.29 is 4.79 Å². The summed E-state index contributed by atoms with van der Waals surface area (Å²) in [6, 6.07) is 6.92. The summed E-state index contributed by atoms with van der Waals surface area (Å²) in [4.78, 5) is 27.7. The molecule has 2 N–H and O–H groups in total. The van der Waals surface area contributed by atoms with Gasteiger partial charge in [-0.15, -0.1) is 0 Å². The molecule has 1 aromatic carbocycles. The number of carbonyl (C=O) groups excluding carboxylic acids is 1. The predicted molar refractivity (Wildman–Crippen MR) is 101 cm³/mol. The number of benzene rings is 1. The lowest BCUT2D eigenvalue weighted by Crippen LogP contribution is -2.35. The molecule has 0 atom stereocenters. The quantitative estimate of drug-likeness (QED) is 0.604. The van der Waals surface area contributed by atoms with Crippen LogP contribution in [0.4, 0.5) is 5.69 Å². The minimum atomic E-state index is -0.372. The van der Waals surface area contributed by atoms with Gasteiger partial charge in [0.05, 0.1) is 5.75 Å². The number of nitrogens with one attached hydrogen (secondary N) is 2. The highest BCUT2D eigenvalue weighted by atomic mass is 35.5. The van der Waals surface area contributed by atoms with E-state index in [1.54, 1.807) is 31.3 Å². The van der Waals surface area contributed by atoms with E-state index < -0.39 is 0 Å². The molecular weight excluding hydrogens is 391 g/mol. The van der Waals surface area contributed by atoms with E-state index in [-0.39, 0.29) is 32.5 Å². The highest BCUT2D eigenvalue weighted by molar-refractivity contribution is 7.99. The number of nitrogens with zero attached hydrogens (tertiary/aromatic N) is 2. The molecule has 0 radical (unpaired) electrons. The van der Waals surface area contributed by atoms with Crippen LogP contribution in [0.3, 0.4) is 0 Å². The van der Waals surface area contributed by atoms with Crippen molar-refractivity contribution in [3.63, 3.8) is 0 Å². The first kappa shape index (κ1) is 18.7. The van der Waals surface area contributed by atoms with E-state index >= 15 is 0 Å². The van der Waals surface area contributed by atoms with Gasteiger partial charge in [-0.25, -0.2) is 4.98 Å². The van der Waals surface area contributed by atoms with Gasteiger partial charge in [-0.2, -0.15) is 0 Å². The molecule has 2 aromatic rings. The van der Waals surface area contributed by atoms with Crippen LogP contribution >= 0.6 is 47.2 Å². The second-order valence-electron chi connectivity index (χ2n) is 4.59. The van der Waals surface area contributed by atoms with Crippen LogP contribution < -0.4 is 16.2 Å². The molecule has 0 saturated heterocycles. The molecule has 0 saturated carbocycles. The summed E-state index contributed by atoms with van der Waals surface area (Å²) >= 11 is 17.7. The number of rotatable bonds is 4. The number of halogens is 2. The highest BCUT2D eigenvalue weighted by Crippen LogP contribution is 2.15. The van der Waals surface area contributed by atoms with Crippen LogP contribution in [-0.4, -0.2) is 26.3 Å². The molecule has 0 bridgehead atoms. The maximum absolute atomic E-state index is 11.9. The lowest BCUT2D eigenvalue weighted by molar-refractivity contribution is -0.117. The Kier molecular flexibility index (Phi) is 6.61. The zero-order valence-electron chi connectivity index (χ0n) is 12.4. The zero-order chi connectivity index (χ0) is 17.7. The summed E-state index contributed by atoms with van der Waals surface area (Å²) in [5.41, 5.74) is 0.336. The van der Waals surface area contributed by atoms with Crippen LogP contribution in [-0.2, 0) is 11.8 Å². The first-order chi connectivity index (χ1) is 11.3. The first-order valence-electron chi connectivity index (χ1n) is 6.57. The summed E-state index contributed by atoms with van der Waals surface area (Å²) in [7, 11) is 1.56. The van der Waals surface area contributed by atoms with Crippen molar-refractivity contribution in [2.75, 3.05) is 11.1 Å². The summed E-state index contributed by atoms with van der Waals surface area (Å²) in [5, 5.41) is 6.37. The van der Waals surface area contributed by atoms with Gasteiger partial charge in [-0.1, -0.05) is 41.0 Å². The molecule has 126 valence electrons. The smallest absolute Gasteiger partial charge is 0.282 e. The minimum absolute atomic E-state index is 0.0278. The molecule has 1 aromatic heterocycles. The Morgan fingerprint density at radius 2 is 2.17 bits per heavy atom. The SMILES string of the molecule is Cn1cc(Cl)nc(SCC(=O)NC(=S)Nc2cccc(Cl)c2)c1=O. The summed E-state index contributed by atoms with van der Waals surface area (Å²) in [6.07, 6.45) is 1.40. The number of aromatic nitrogens is 2. The van der Waals surface area contributed by atoms with Gasteiger partial charge in [0.1, 0.15) is 5.15 Å². The van der Waals surface area contributed by atoms with E-state index in [4.69, 9.17) is 35.4 Å². The maximum Gasteiger partial charge on any atom is 0.282 e. The van der Waals surface area contributed by atoms with Crippen molar-refractivity contribution >= 4 is 63.9 Å². The second kappa shape index (κ2) is 8.48. The van der Waals surface area contributed by atoms with Crippen molar-refractivity contribution in [1.29, 1.82) is 0 Å². The molecule has 0 aliphatic carbocycles. The van der Waals surface area contributed by atoms with Crippen LogP contribution in [0.25, 0.3) is 0 Å². The molecule has 1 amide bonds. The Balaban J connectivity index is 1.89. The van der Waals surface area contributed by atoms with E-state index in [1.165, 1.54) is 10.8 Å². The third-order valence-corrected chi connectivity index (χ3v) is 4.25. The Morgan fingerprint density at radius 1 is 1.42 bits per heavy atom. The molecule has 0 unspecified atom stereocenters. The fraction of sp³-hybridized carbons (Fsp3) is 0.143. The third kappa shape index (κ3) is 5.48. The van der Waals surface area contributed by atoms with Crippen LogP contribution in [0.5, 0.6) is 0 Å². The second-order valence-corrected chi connectivity index (χ2v) is 6.78. The van der Waals surface area contributed by atoms with Gasteiger partial charge in [-0.05, 0) is 30.4 Å². The van der Waals surface area contributed by atoms with E-state index in [9.17, 15) is 9.59 Å². The number of hydrogen-bond acceptors (Lipinski definition) is 5. The topological polar surface area (TPSA) is 76.0 Å². The van der Waals surface area contributed by atoms with Crippen molar-refractivity contribution in [2.45, 2.75) is 5.03 Å². The normalized spacial score (nSPS) is 10.3. The molecule has 0 spiro atoms. The van der Waals surface area contributed by atoms with E-state index in [0.717, 1.165) is 11.8 Å². The molecular formula is C14H12Cl2N4O2S2. The number of amides is 1.